The quantitative estimate of drug-likeness (QED) is 0.634. The van der Waals surface area contributed by atoms with E-state index < -0.39 is 0 Å². The van der Waals surface area contributed by atoms with Crippen LogP contribution in [0.3, 0.4) is 0 Å². The summed E-state index contributed by atoms with van der Waals surface area (Å²) in [4.78, 5) is 12.3. The van der Waals surface area contributed by atoms with Gasteiger partial charge < -0.3 is 4.74 Å². The predicted molar refractivity (Wildman–Crippen MR) is 93.4 cm³/mol. The lowest BCUT2D eigenvalue weighted by atomic mass is 10.1. The molecule has 0 saturated carbocycles. The summed E-state index contributed by atoms with van der Waals surface area (Å²) in [5, 5.41) is 4.80. The van der Waals surface area contributed by atoms with Gasteiger partial charge in [0.2, 0.25) is 0 Å². The number of para-hydroxylation sites is 1. The number of benzene rings is 2. The van der Waals surface area contributed by atoms with Gasteiger partial charge in [0, 0.05) is 5.02 Å². The van der Waals surface area contributed by atoms with Gasteiger partial charge in [-0.15, -0.1) is 0 Å². The summed E-state index contributed by atoms with van der Waals surface area (Å²) in [7, 11) is 0. The molecular formula is C18H19ClN2O2. The molecule has 4 nitrogen and oxygen atoms in total. The van der Waals surface area contributed by atoms with Gasteiger partial charge in [0.05, 0.1) is 17.9 Å². The van der Waals surface area contributed by atoms with Crippen molar-refractivity contribution in [2.24, 2.45) is 5.10 Å². The summed E-state index contributed by atoms with van der Waals surface area (Å²) < 4.78 is 5.59. The summed E-state index contributed by atoms with van der Waals surface area (Å²) >= 11 is 5.86. The Labute approximate surface area is 141 Å². The van der Waals surface area contributed by atoms with E-state index in [0.29, 0.717) is 28.7 Å². The molecule has 0 saturated heterocycles. The van der Waals surface area contributed by atoms with Gasteiger partial charge in [-0.25, -0.2) is 5.43 Å². The fourth-order valence-corrected chi connectivity index (χ4v) is 2.07. The van der Waals surface area contributed by atoms with Gasteiger partial charge in [-0.1, -0.05) is 42.8 Å². The predicted octanol–water partition coefficient (Wildman–Crippen LogP) is 4.28. The second-order valence-electron chi connectivity index (χ2n) is 4.99. The molecule has 2 rings (SSSR count). The molecule has 1 amide bonds. The number of hydrogen-bond acceptors (Lipinski definition) is 3. The Hall–Kier alpha value is -2.33. The van der Waals surface area contributed by atoms with Crippen LogP contribution >= 0.6 is 11.6 Å². The molecule has 0 atom stereocenters. The van der Waals surface area contributed by atoms with Crippen LogP contribution in [0, 0.1) is 0 Å². The number of nitrogens with zero attached hydrogens (tertiary/aromatic N) is 1. The van der Waals surface area contributed by atoms with E-state index in [4.69, 9.17) is 16.3 Å². The standard InChI is InChI=1S/C18H19ClN2O2/c1-3-12-23-17-7-5-4-6-16(17)18(22)21-20-13(2)14-8-10-15(19)11-9-14/h4-11H,3,12H2,1-2H3,(H,21,22). The normalized spacial score (nSPS) is 11.2. The maximum atomic E-state index is 12.3. The van der Waals surface area contributed by atoms with Gasteiger partial charge in [0.15, 0.2) is 0 Å². The molecule has 2 aromatic carbocycles. The van der Waals surface area contributed by atoms with Gasteiger partial charge in [0.25, 0.3) is 5.91 Å². The van der Waals surface area contributed by atoms with Crippen molar-refractivity contribution in [1.29, 1.82) is 0 Å². The Bertz CT molecular complexity index is 696. The number of rotatable bonds is 6. The number of carbonyl (C=O) groups is 1. The van der Waals surface area contributed by atoms with Crippen molar-refractivity contribution in [3.8, 4) is 5.75 Å². The molecule has 1 N–H and O–H groups in total. The third-order valence-electron chi connectivity index (χ3n) is 3.18. The number of ether oxygens (including phenoxy) is 1. The smallest absolute Gasteiger partial charge is 0.275 e. The Balaban J connectivity index is 2.10. The first kappa shape index (κ1) is 17.0. The lowest BCUT2D eigenvalue weighted by Crippen LogP contribution is -2.20. The fourth-order valence-electron chi connectivity index (χ4n) is 1.94. The number of amides is 1. The molecule has 120 valence electrons. The second kappa shape index (κ2) is 8.34. The molecule has 0 heterocycles. The molecule has 0 fully saturated rings. The van der Waals surface area contributed by atoms with E-state index in [2.05, 4.69) is 10.5 Å². The Morgan fingerprint density at radius 3 is 2.57 bits per heavy atom. The molecular weight excluding hydrogens is 312 g/mol. The van der Waals surface area contributed by atoms with Crippen LogP contribution in [0.2, 0.25) is 5.02 Å². The first-order chi connectivity index (χ1) is 11.1. The highest BCUT2D eigenvalue weighted by molar-refractivity contribution is 6.30. The third kappa shape index (κ3) is 4.83. The van der Waals surface area contributed by atoms with E-state index in [1.807, 2.05) is 32.0 Å². The van der Waals surface area contributed by atoms with Crippen LogP contribution < -0.4 is 10.2 Å². The van der Waals surface area contributed by atoms with Gasteiger partial charge in [-0.3, -0.25) is 4.79 Å². The highest BCUT2D eigenvalue weighted by Crippen LogP contribution is 2.18. The van der Waals surface area contributed by atoms with Crippen molar-refractivity contribution in [3.63, 3.8) is 0 Å². The second-order valence-corrected chi connectivity index (χ2v) is 5.43. The largest absolute Gasteiger partial charge is 0.493 e. The number of hydrogen-bond donors (Lipinski definition) is 1. The molecule has 0 unspecified atom stereocenters. The number of halogens is 1. The van der Waals surface area contributed by atoms with Crippen LogP contribution in [-0.4, -0.2) is 18.2 Å². The number of nitrogens with one attached hydrogen (secondary N) is 1. The van der Waals surface area contributed by atoms with E-state index in [-0.39, 0.29) is 5.91 Å². The molecule has 0 spiro atoms. The average molecular weight is 331 g/mol. The lowest BCUT2D eigenvalue weighted by Gasteiger charge is -2.09. The molecule has 5 heteroatoms. The minimum Gasteiger partial charge on any atom is -0.493 e. The number of carbonyl (C=O) groups excluding carboxylic acids is 1. The van der Waals surface area contributed by atoms with Crippen molar-refractivity contribution in [2.75, 3.05) is 6.61 Å². The maximum absolute atomic E-state index is 12.3. The maximum Gasteiger partial charge on any atom is 0.275 e. The van der Waals surface area contributed by atoms with Crippen molar-refractivity contribution in [3.05, 3.63) is 64.7 Å². The van der Waals surface area contributed by atoms with Gasteiger partial charge in [-0.05, 0) is 43.2 Å². The average Bonchev–Trinajstić information content (AvgIpc) is 2.58. The monoisotopic (exact) mass is 330 g/mol. The van der Waals surface area contributed by atoms with Crippen molar-refractivity contribution < 1.29 is 9.53 Å². The Kier molecular flexibility index (Phi) is 6.18. The Morgan fingerprint density at radius 2 is 1.87 bits per heavy atom. The topological polar surface area (TPSA) is 50.7 Å². The summed E-state index contributed by atoms with van der Waals surface area (Å²) in [6.45, 7) is 4.41. The zero-order valence-corrected chi connectivity index (χ0v) is 13.9. The molecule has 0 aliphatic rings. The van der Waals surface area contributed by atoms with Crippen LogP contribution in [0.25, 0.3) is 0 Å². The lowest BCUT2D eigenvalue weighted by molar-refractivity contribution is 0.0950. The van der Waals surface area contributed by atoms with Crippen LogP contribution in [0.5, 0.6) is 5.75 Å². The van der Waals surface area contributed by atoms with Crippen LogP contribution in [0.15, 0.2) is 53.6 Å². The van der Waals surface area contributed by atoms with Crippen LogP contribution in [0.4, 0.5) is 0 Å². The SMILES string of the molecule is CCCOc1ccccc1C(=O)NN=C(C)c1ccc(Cl)cc1. The highest BCUT2D eigenvalue weighted by Gasteiger charge is 2.11. The van der Waals surface area contributed by atoms with Crippen molar-refractivity contribution >= 4 is 23.2 Å². The fraction of sp³-hybridized carbons (Fsp3) is 0.222. The number of hydrazone groups is 1. The highest BCUT2D eigenvalue weighted by atomic mass is 35.5. The molecule has 0 aliphatic heterocycles. The van der Waals surface area contributed by atoms with E-state index in [1.54, 1.807) is 30.3 Å². The van der Waals surface area contributed by atoms with Crippen molar-refractivity contribution in [2.45, 2.75) is 20.3 Å². The molecule has 0 bridgehead atoms. The summed E-state index contributed by atoms with van der Waals surface area (Å²) in [5.74, 6) is 0.260. The summed E-state index contributed by atoms with van der Waals surface area (Å²) in [6.07, 6.45) is 0.879. The minimum atomic E-state index is -0.301. The van der Waals surface area contributed by atoms with E-state index >= 15 is 0 Å². The molecule has 0 aliphatic carbocycles. The third-order valence-corrected chi connectivity index (χ3v) is 3.43. The summed E-state index contributed by atoms with van der Waals surface area (Å²) in [5.41, 5.74) is 4.62. The van der Waals surface area contributed by atoms with Gasteiger partial charge in [-0.2, -0.15) is 5.10 Å². The van der Waals surface area contributed by atoms with Crippen LogP contribution in [0.1, 0.15) is 36.2 Å². The molecule has 2 aromatic rings. The first-order valence-corrected chi connectivity index (χ1v) is 7.82. The van der Waals surface area contributed by atoms with Crippen LogP contribution in [-0.2, 0) is 0 Å². The van der Waals surface area contributed by atoms with Gasteiger partial charge in [0.1, 0.15) is 5.75 Å². The first-order valence-electron chi connectivity index (χ1n) is 7.44. The zero-order valence-electron chi connectivity index (χ0n) is 13.2. The van der Waals surface area contributed by atoms with E-state index in [0.717, 1.165) is 12.0 Å². The molecule has 0 aromatic heterocycles. The molecule has 0 radical (unpaired) electrons. The van der Waals surface area contributed by atoms with Crippen molar-refractivity contribution in [1.82, 2.24) is 5.43 Å². The van der Waals surface area contributed by atoms with Gasteiger partial charge >= 0.3 is 0 Å². The molecule has 23 heavy (non-hydrogen) atoms. The van der Waals surface area contributed by atoms with E-state index in [9.17, 15) is 4.79 Å². The Morgan fingerprint density at radius 1 is 1.17 bits per heavy atom. The van der Waals surface area contributed by atoms with E-state index in [1.165, 1.54) is 0 Å². The zero-order chi connectivity index (χ0) is 16.7. The summed E-state index contributed by atoms with van der Waals surface area (Å²) in [6, 6.07) is 14.4. The minimum absolute atomic E-state index is 0.301.